The normalized spacial score (nSPS) is 26.9. The number of rotatable bonds is 4. The summed E-state index contributed by atoms with van der Waals surface area (Å²) in [6.07, 6.45) is 0.967. The smallest absolute Gasteiger partial charge is 0.224 e. The summed E-state index contributed by atoms with van der Waals surface area (Å²) in [6.45, 7) is 4.69. The molecule has 2 N–H and O–H groups in total. The third-order valence-corrected chi connectivity index (χ3v) is 2.72. The van der Waals surface area contributed by atoms with E-state index in [0.29, 0.717) is 6.04 Å². The minimum Gasteiger partial charge on any atom is -0.355 e. The zero-order valence-electron chi connectivity index (χ0n) is 9.34. The molecule has 1 aliphatic heterocycles. The van der Waals surface area contributed by atoms with Crippen LogP contribution in [0.5, 0.6) is 0 Å². The Labute approximate surface area is 86.0 Å². The Kier molecular flexibility index (Phi) is 4.35. The molecule has 0 aromatic carbocycles. The fraction of sp³-hybridized carbons (Fsp3) is 0.900. The van der Waals surface area contributed by atoms with E-state index in [1.807, 2.05) is 14.1 Å². The third kappa shape index (κ3) is 3.27. The molecule has 1 aliphatic rings. The molecule has 4 heteroatoms. The molecule has 1 rings (SSSR count). The van der Waals surface area contributed by atoms with Crippen LogP contribution in [0.15, 0.2) is 0 Å². The molecule has 14 heavy (non-hydrogen) atoms. The fourth-order valence-electron chi connectivity index (χ4n) is 1.75. The molecule has 82 valence electrons. The molecule has 2 atom stereocenters. The Hall–Kier alpha value is -0.610. The third-order valence-electron chi connectivity index (χ3n) is 2.72. The molecule has 0 aliphatic carbocycles. The van der Waals surface area contributed by atoms with E-state index in [-0.39, 0.29) is 11.8 Å². The van der Waals surface area contributed by atoms with Crippen LogP contribution in [0.1, 0.15) is 13.3 Å². The van der Waals surface area contributed by atoms with Crippen LogP contribution in [0, 0.1) is 5.92 Å². The Balaban J connectivity index is 2.21. The van der Waals surface area contributed by atoms with Crippen molar-refractivity contribution in [2.45, 2.75) is 19.4 Å². The van der Waals surface area contributed by atoms with Crippen molar-refractivity contribution >= 4 is 5.91 Å². The van der Waals surface area contributed by atoms with Crippen molar-refractivity contribution in [2.75, 3.05) is 33.7 Å². The number of nitrogens with one attached hydrogen (secondary N) is 2. The number of carbonyl (C=O) groups excluding carboxylic acids is 1. The molecule has 1 heterocycles. The van der Waals surface area contributed by atoms with Gasteiger partial charge in [0.2, 0.25) is 5.91 Å². The molecular formula is C10H21N3O. The molecule has 1 saturated heterocycles. The number of hydrogen-bond donors (Lipinski definition) is 2. The standard InChI is InChI=1S/C10H21N3O/c1-8-9(4-5-11-8)10(14)12-6-7-13(2)3/h8-9,11H,4-7H2,1-3H3,(H,12,14). The van der Waals surface area contributed by atoms with E-state index in [4.69, 9.17) is 0 Å². The fourth-order valence-corrected chi connectivity index (χ4v) is 1.75. The summed E-state index contributed by atoms with van der Waals surface area (Å²) < 4.78 is 0. The maximum absolute atomic E-state index is 11.7. The second-order valence-electron chi connectivity index (χ2n) is 4.23. The van der Waals surface area contributed by atoms with Crippen molar-refractivity contribution < 1.29 is 4.79 Å². The Morgan fingerprint density at radius 1 is 1.57 bits per heavy atom. The minimum absolute atomic E-state index is 0.164. The molecule has 0 spiro atoms. The molecule has 0 bridgehead atoms. The molecule has 0 aromatic rings. The summed E-state index contributed by atoms with van der Waals surface area (Å²) in [5, 5.41) is 6.24. The van der Waals surface area contributed by atoms with E-state index in [9.17, 15) is 4.79 Å². The molecular weight excluding hydrogens is 178 g/mol. The summed E-state index contributed by atoms with van der Waals surface area (Å²) in [7, 11) is 4.01. The van der Waals surface area contributed by atoms with E-state index in [2.05, 4.69) is 22.5 Å². The van der Waals surface area contributed by atoms with Gasteiger partial charge in [-0.2, -0.15) is 0 Å². The van der Waals surface area contributed by atoms with Gasteiger partial charge in [0.1, 0.15) is 0 Å². The Morgan fingerprint density at radius 2 is 2.29 bits per heavy atom. The average Bonchev–Trinajstić information content (AvgIpc) is 2.50. The van der Waals surface area contributed by atoms with Crippen LogP contribution in [-0.2, 0) is 4.79 Å². The summed E-state index contributed by atoms with van der Waals surface area (Å²) in [5.74, 6) is 0.363. The van der Waals surface area contributed by atoms with Crippen molar-refractivity contribution in [1.29, 1.82) is 0 Å². The summed E-state index contributed by atoms with van der Waals surface area (Å²) >= 11 is 0. The van der Waals surface area contributed by atoms with Crippen molar-refractivity contribution in [2.24, 2.45) is 5.92 Å². The van der Waals surface area contributed by atoms with Gasteiger partial charge in [0.15, 0.2) is 0 Å². The highest BCUT2D eigenvalue weighted by molar-refractivity contribution is 5.79. The van der Waals surface area contributed by atoms with Gasteiger partial charge in [-0.25, -0.2) is 0 Å². The number of likely N-dealkylation sites (N-methyl/N-ethyl adjacent to an activating group) is 1. The first-order valence-electron chi connectivity index (χ1n) is 5.27. The number of amides is 1. The highest BCUT2D eigenvalue weighted by Gasteiger charge is 2.28. The molecule has 2 unspecified atom stereocenters. The van der Waals surface area contributed by atoms with E-state index >= 15 is 0 Å². The number of hydrogen-bond acceptors (Lipinski definition) is 3. The summed E-state index contributed by atoms with van der Waals surface area (Å²) in [5.41, 5.74) is 0. The van der Waals surface area contributed by atoms with Gasteiger partial charge in [-0.1, -0.05) is 0 Å². The molecule has 4 nitrogen and oxygen atoms in total. The first-order chi connectivity index (χ1) is 6.61. The van der Waals surface area contributed by atoms with Crippen molar-refractivity contribution in [3.8, 4) is 0 Å². The molecule has 0 saturated carbocycles. The SMILES string of the molecule is CC1NCCC1C(=O)NCCN(C)C. The van der Waals surface area contributed by atoms with Gasteiger partial charge in [0, 0.05) is 19.1 Å². The van der Waals surface area contributed by atoms with Gasteiger partial charge in [0.25, 0.3) is 0 Å². The lowest BCUT2D eigenvalue weighted by Crippen LogP contribution is -2.39. The van der Waals surface area contributed by atoms with Gasteiger partial charge in [-0.05, 0) is 34.0 Å². The highest BCUT2D eigenvalue weighted by Crippen LogP contribution is 2.14. The Morgan fingerprint density at radius 3 is 2.79 bits per heavy atom. The number of nitrogens with zero attached hydrogens (tertiary/aromatic N) is 1. The maximum Gasteiger partial charge on any atom is 0.224 e. The van der Waals surface area contributed by atoms with E-state index < -0.39 is 0 Å². The lowest BCUT2D eigenvalue weighted by atomic mass is 10.0. The quantitative estimate of drug-likeness (QED) is 0.651. The van der Waals surface area contributed by atoms with Gasteiger partial charge in [-0.3, -0.25) is 4.79 Å². The predicted molar refractivity (Wildman–Crippen MR) is 57.1 cm³/mol. The lowest BCUT2D eigenvalue weighted by Gasteiger charge is -2.16. The van der Waals surface area contributed by atoms with E-state index in [1.165, 1.54) is 0 Å². The predicted octanol–water partition coefficient (Wildman–Crippen LogP) is -0.338. The lowest BCUT2D eigenvalue weighted by molar-refractivity contribution is -0.125. The van der Waals surface area contributed by atoms with Gasteiger partial charge in [-0.15, -0.1) is 0 Å². The monoisotopic (exact) mass is 199 g/mol. The molecule has 0 radical (unpaired) electrons. The van der Waals surface area contributed by atoms with Crippen LogP contribution < -0.4 is 10.6 Å². The first-order valence-corrected chi connectivity index (χ1v) is 5.27. The summed E-state index contributed by atoms with van der Waals surface area (Å²) in [4.78, 5) is 13.7. The largest absolute Gasteiger partial charge is 0.355 e. The highest BCUT2D eigenvalue weighted by atomic mass is 16.1. The van der Waals surface area contributed by atoms with Crippen LogP contribution in [0.2, 0.25) is 0 Å². The van der Waals surface area contributed by atoms with Crippen LogP contribution in [0.4, 0.5) is 0 Å². The van der Waals surface area contributed by atoms with Crippen molar-refractivity contribution in [3.05, 3.63) is 0 Å². The second-order valence-corrected chi connectivity index (χ2v) is 4.23. The summed E-state index contributed by atoms with van der Waals surface area (Å²) in [6, 6.07) is 0.328. The second kappa shape index (κ2) is 5.32. The molecule has 1 fully saturated rings. The minimum atomic E-state index is 0.164. The maximum atomic E-state index is 11.7. The van der Waals surface area contributed by atoms with Crippen molar-refractivity contribution in [3.63, 3.8) is 0 Å². The molecule has 1 amide bonds. The van der Waals surface area contributed by atoms with Gasteiger partial charge in [0.05, 0.1) is 5.92 Å². The Bertz CT molecular complexity index is 194. The van der Waals surface area contributed by atoms with Crippen LogP contribution in [-0.4, -0.2) is 50.6 Å². The average molecular weight is 199 g/mol. The van der Waals surface area contributed by atoms with Crippen LogP contribution in [0.3, 0.4) is 0 Å². The first kappa shape index (κ1) is 11.5. The topological polar surface area (TPSA) is 44.4 Å². The van der Waals surface area contributed by atoms with E-state index in [1.54, 1.807) is 0 Å². The zero-order chi connectivity index (χ0) is 10.6. The molecule has 0 aromatic heterocycles. The van der Waals surface area contributed by atoms with Crippen LogP contribution in [0.25, 0.3) is 0 Å². The van der Waals surface area contributed by atoms with Gasteiger partial charge >= 0.3 is 0 Å². The van der Waals surface area contributed by atoms with Crippen LogP contribution >= 0.6 is 0 Å². The number of carbonyl (C=O) groups is 1. The van der Waals surface area contributed by atoms with E-state index in [0.717, 1.165) is 26.1 Å². The van der Waals surface area contributed by atoms with Crippen molar-refractivity contribution in [1.82, 2.24) is 15.5 Å². The zero-order valence-corrected chi connectivity index (χ0v) is 9.34. The van der Waals surface area contributed by atoms with Gasteiger partial charge < -0.3 is 15.5 Å².